The van der Waals surface area contributed by atoms with Gasteiger partial charge in [-0.25, -0.2) is 0 Å². The molecule has 0 heterocycles. The molecule has 0 spiro atoms. The lowest BCUT2D eigenvalue weighted by Crippen LogP contribution is -2.26. The lowest BCUT2D eigenvalue weighted by atomic mass is 10.7. The average Bonchev–Trinajstić information content (AvgIpc) is 2.30. The third kappa shape index (κ3) is 10.3. The van der Waals surface area contributed by atoms with Gasteiger partial charge >= 0.3 is 9.28 Å². The van der Waals surface area contributed by atoms with Crippen LogP contribution < -0.4 is 0 Å². The molecule has 0 rings (SSSR count). The van der Waals surface area contributed by atoms with Crippen molar-refractivity contribution in [1.29, 1.82) is 0 Å². The molecule has 0 saturated carbocycles. The van der Waals surface area contributed by atoms with Crippen molar-refractivity contribution >= 4 is 9.28 Å². The molecule has 0 fully saturated rings. The summed E-state index contributed by atoms with van der Waals surface area (Å²) in [6, 6.07) is 0.818. The van der Waals surface area contributed by atoms with Gasteiger partial charge < -0.3 is 18.3 Å². The average molecular weight is 248 g/mol. The fourth-order valence-electron chi connectivity index (χ4n) is 1.09. The highest BCUT2D eigenvalue weighted by atomic mass is 28.3. The van der Waals surface area contributed by atoms with Crippen LogP contribution in [0.4, 0.5) is 0 Å². The minimum Gasteiger partial charge on any atom is -0.394 e. The Balaban J connectivity index is 3.49. The Morgan fingerprint density at radius 3 is 1.81 bits per heavy atom. The van der Waals surface area contributed by atoms with Gasteiger partial charge in [-0.15, -0.1) is 6.58 Å². The number of allylic oxidation sites excluding steroid dienone is 1. The summed E-state index contributed by atoms with van der Waals surface area (Å²) >= 11 is 0. The van der Waals surface area contributed by atoms with Crippen molar-refractivity contribution in [3.05, 3.63) is 12.7 Å². The Kier molecular flexibility index (Phi) is 12.7. The zero-order valence-electron chi connectivity index (χ0n) is 10.4. The first kappa shape index (κ1) is 15.8. The van der Waals surface area contributed by atoms with Crippen LogP contribution in [0.5, 0.6) is 0 Å². The molecule has 0 aliphatic heterocycles. The molecule has 0 aromatic rings. The molecule has 0 aliphatic carbocycles. The molecule has 0 radical (unpaired) electrons. The van der Waals surface area contributed by atoms with Gasteiger partial charge in [-0.2, -0.15) is 0 Å². The molecule has 0 aromatic heterocycles. The van der Waals surface area contributed by atoms with E-state index in [1.165, 1.54) is 0 Å². The van der Waals surface area contributed by atoms with E-state index in [1.54, 1.807) is 0 Å². The topological polar surface area (TPSA) is 36.9 Å². The van der Waals surface area contributed by atoms with Crippen molar-refractivity contribution in [3.63, 3.8) is 0 Å². The molecule has 0 saturated heterocycles. The highest BCUT2D eigenvalue weighted by Gasteiger charge is 2.10. The standard InChI is InChI=1S/C11H24O4Si/c1-4-11-16(14-9-7-12-5-2)15-10-8-13-6-3/h4,16H,1,5-11H2,2-3H3. The van der Waals surface area contributed by atoms with Gasteiger partial charge in [-0.3, -0.25) is 0 Å². The number of hydrogen-bond donors (Lipinski definition) is 0. The van der Waals surface area contributed by atoms with Crippen LogP contribution in [0.2, 0.25) is 6.04 Å². The van der Waals surface area contributed by atoms with E-state index in [0.717, 1.165) is 19.3 Å². The van der Waals surface area contributed by atoms with Crippen LogP contribution in [0.1, 0.15) is 13.8 Å². The van der Waals surface area contributed by atoms with Gasteiger partial charge in [0.2, 0.25) is 0 Å². The molecule has 96 valence electrons. The van der Waals surface area contributed by atoms with Gasteiger partial charge in [0.25, 0.3) is 0 Å². The van der Waals surface area contributed by atoms with Crippen LogP contribution in [0, 0.1) is 0 Å². The van der Waals surface area contributed by atoms with Crippen LogP contribution in [0.25, 0.3) is 0 Å². The van der Waals surface area contributed by atoms with Crippen molar-refractivity contribution in [2.24, 2.45) is 0 Å². The van der Waals surface area contributed by atoms with Crippen LogP contribution in [0.3, 0.4) is 0 Å². The van der Waals surface area contributed by atoms with Gasteiger partial charge in [0.05, 0.1) is 26.4 Å². The Morgan fingerprint density at radius 1 is 0.938 bits per heavy atom. The summed E-state index contributed by atoms with van der Waals surface area (Å²) in [5, 5.41) is 0. The predicted molar refractivity (Wildman–Crippen MR) is 67.0 cm³/mol. The second-order valence-corrected chi connectivity index (χ2v) is 5.09. The van der Waals surface area contributed by atoms with Crippen molar-refractivity contribution < 1.29 is 18.3 Å². The summed E-state index contributed by atoms with van der Waals surface area (Å²) in [5.74, 6) is 0. The Morgan fingerprint density at radius 2 is 1.44 bits per heavy atom. The fourth-order valence-corrected chi connectivity index (χ4v) is 2.44. The van der Waals surface area contributed by atoms with Crippen LogP contribution >= 0.6 is 0 Å². The maximum absolute atomic E-state index is 5.63. The van der Waals surface area contributed by atoms with Crippen LogP contribution in [-0.2, 0) is 18.3 Å². The lowest BCUT2D eigenvalue weighted by molar-refractivity contribution is 0.0757. The number of ether oxygens (including phenoxy) is 2. The second-order valence-electron chi connectivity index (χ2n) is 3.09. The van der Waals surface area contributed by atoms with Crippen molar-refractivity contribution in [2.75, 3.05) is 39.6 Å². The van der Waals surface area contributed by atoms with Crippen LogP contribution in [-0.4, -0.2) is 48.9 Å². The van der Waals surface area contributed by atoms with Crippen molar-refractivity contribution in [1.82, 2.24) is 0 Å². The summed E-state index contributed by atoms with van der Waals surface area (Å²) < 4.78 is 21.7. The molecule has 0 atom stereocenters. The van der Waals surface area contributed by atoms with Gasteiger partial charge in [0, 0.05) is 19.3 Å². The predicted octanol–water partition coefficient (Wildman–Crippen LogP) is 1.50. The van der Waals surface area contributed by atoms with E-state index in [1.807, 2.05) is 19.9 Å². The van der Waals surface area contributed by atoms with E-state index >= 15 is 0 Å². The lowest BCUT2D eigenvalue weighted by Gasteiger charge is -2.15. The molecule has 0 amide bonds. The van der Waals surface area contributed by atoms with E-state index < -0.39 is 9.28 Å². The summed E-state index contributed by atoms with van der Waals surface area (Å²) in [5.41, 5.74) is 0. The van der Waals surface area contributed by atoms with E-state index in [0.29, 0.717) is 26.4 Å². The molecule has 0 aliphatic rings. The first-order valence-corrected chi connectivity index (χ1v) is 7.60. The zero-order chi connectivity index (χ0) is 12.1. The molecule has 4 nitrogen and oxygen atoms in total. The maximum Gasteiger partial charge on any atom is 0.325 e. The Labute approximate surface area is 100 Å². The number of hydrogen-bond acceptors (Lipinski definition) is 4. The molecule has 0 N–H and O–H groups in total. The Bertz CT molecular complexity index is 143. The molecular weight excluding hydrogens is 224 g/mol. The summed E-state index contributed by atoms with van der Waals surface area (Å²) in [6.45, 7) is 11.6. The highest BCUT2D eigenvalue weighted by Crippen LogP contribution is 1.98. The molecule has 0 aromatic carbocycles. The third-order valence-corrected chi connectivity index (χ3v) is 3.76. The minimum atomic E-state index is -1.60. The number of rotatable bonds is 12. The molecular formula is C11H24O4Si. The smallest absolute Gasteiger partial charge is 0.325 e. The Hall–Kier alpha value is -0.203. The molecule has 0 unspecified atom stereocenters. The van der Waals surface area contributed by atoms with Gasteiger partial charge in [-0.1, -0.05) is 6.08 Å². The van der Waals surface area contributed by atoms with E-state index in [2.05, 4.69) is 6.58 Å². The first-order chi connectivity index (χ1) is 7.85. The first-order valence-electron chi connectivity index (χ1n) is 5.84. The minimum absolute atomic E-state index is 0.604. The highest BCUT2D eigenvalue weighted by molar-refractivity contribution is 6.45. The molecule has 5 heteroatoms. The summed E-state index contributed by atoms with van der Waals surface area (Å²) in [7, 11) is -1.60. The van der Waals surface area contributed by atoms with Crippen molar-refractivity contribution in [2.45, 2.75) is 19.9 Å². The van der Waals surface area contributed by atoms with Crippen molar-refractivity contribution in [3.8, 4) is 0 Å². The van der Waals surface area contributed by atoms with E-state index in [9.17, 15) is 0 Å². The summed E-state index contributed by atoms with van der Waals surface area (Å²) in [6.07, 6.45) is 1.85. The van der Waals surface area contributed by atoms with Gasteiger partial charge in [0.1, 0.15) is 0 Å². The SMILES string of the molecule is C=CC[SiH](OCCOCC)OCCOCC. The third-order valence-electron chi connectivity index (χ3n) is 1.83. The van der Waals surface area contributed by atoms with E-state index in [-0.39, 0.29) is 0 Å². The quantitative estimate of drug-likeness (QED) is 0.298. The normalized spacial score (nSPS) is 10.9. The monoisotopic (exact) mass is 248 g/mol. The molecule has 16 heavy (non-hydrogen) atoms. The fraction of sp³-hybridized carbons (Fsp3) is 0.818. The van der Waals surface area contributed by atoms with Crippen LogP contribution in [0.15, 0.2) is 12.7 Å². The second kappa shape index (κ2) is 12.9. The summed E-state index contributed by atoms with van der Waals surface area (Å²) in [4.78, 5) is 0. The molecule has 0 bridgehead atoms. The van der Waals surface area contributed by atoms with Gasteiger partial charge in [0.15, 0.2) is 0 Å². The van der Waals surface area contributed by atoms with E-state index in [4.69, 9.17) is 18.3 Å². The van der Waals surface area contributed by atoms with Gasteiger partial charge in [-0.05, 0) is 13.8 Å². The maximum atomic E-state index is 5.63. The largest absolute Gasteiger partial charge is 0.394 e. The zero-order valence-corrected chi connectivity index (χ0v) is 11.6.